The van der Waals surface area contributed by atoms with Crippen LogP contribution in [0, 0.1) is 6.92 Å². The molecule has 5 rings (SSSR count). The number of carbonyl (C=O) groups excluding carboxylic acids is 1. The van der Waals surface area contributed by atoms with Gasteiger partial charge in [-0.1, -0.05) is 62.2 Å². The highest BCUT2D eigenvalue weighted by Crippen LogP contribution is 2.34. The number of rotatable bonds is 12. The average molecular weight is 602 g/mol. The van der Waals surface area contributed by atoms with Gasteiger partial charge in [0.15, 0.2) is 11.5 Å². The third-order valence-corrected chi connectivity index (χ3v) is 9.52. The molecule has 4 aromatic rings. The highest BCUT2D eigenvalue weighted by Gasteiger charge is 2.29. The fraction of sp³-hybridized carbons (Fsp3) is 0.324. The number of fused-ring (bicyclic) bond motifs is 1. The Bertz CT molecular complexity index is 1730. The molecule has 1 saturated heterocycles. The highest BCUT2D eigenvalue weighted by molar-refractivity contribution is 7.90. The minimum atomic E-state index is -3.87. The number of urea groups is 1. The molecule has 0 bridgehead atoms. The van der Waals surface area contributed by atoms with E-state index < -0.39 is 10.0 Å². The zero-order valence-electron chi connectivity index (χ0n) is 25.1. The Morgan fingerprint density at radius 2 is 1.77 bits per heavy atom. The zero-order valence-corrected chi connectivity index (χ0v) is 25.9. The lowest BCUT2D eigenvalue weighted by molar-refractivity contribution is 0.192. The van der Waals surface area contributed by atoms with Crippen LogP contribution in [-0.4, -0.2) is 50.1 Å². The molecule has 0 aliphatic carbocycles. The van der Waals surface area contributed by atoms with Crippen LogP contribution in [0.1, 0.15) is 49.3 Å². The first kappa shape index (κ1) is 30.2. The number of aryl methyl sites for hydroxylation is 1. The molecule has 0 unspecified atom stereocenters. The lowest BCUT2D eigenvalue weighted by Crippen LogP contribution is -2.49. The fourth-order valence-corrected chi connectivity index (χ4v) is 6.80. The topological polar surface area (TPSA) is 81.1 Å². The number of hydrogen-bond donors (Lipinski definition) is 0. The predicted octanol–water partition coefficient (Wildman–Crippen LogP) is 7.24. The maximum atomic E-state index is 13.8. The predicted molar refractivity (Wildman–Crippen MR) is 172 cm³/mol. The van der Waals surface area contributed by atoms with Crippen LogP contribution in [0.4, 0.5) is 10.5 Å². The Labute approximate surface area is 254 Å². The number of carbonyl (C=O) groups is 1. The van der Waals surface area contributed by atoms with E-state index in [1.54, 1.807) is 53.4 Å². The molecule has 9 heteroatoms. The Hall–Kier alpha value is -4.24. The number of aromatic nitrogens is 1. The second kappa shape index (κ2) is 13.0. The van der Waals surface area contributed by atoms with Crippen LogP contribution in [0.3, 0.4) is 0 Å². The normalized spacial score (nSPS) is 13.9. The molecular formula is C34H39N3O5S. The molecule has 1 fully saturated rings. The van der Waals surface area contributed by atoms with Gasteiger partial charge in [0.25, 0.3) is 10.0 Å². The summed E-state index contributed by atoms with van der Waals surface area (Å²) in [5.74, 6) is 1.24. The molecule has 0 N–H and O–H groups in total. The van der Waals surface area contributed by atoms with Gasteiger partial charge in [-0.3, -0.25) is 4.90 Å². The monoisotopic (exact) mass is 601 g/mol. The number of anilines is 1. The molecule has 2 heterocycles. The van der Waals surface area contributed by atoms with Crippen LogP contribution < -0.4 is 14.4 Å². The van der Waals surface area contributed by atoms with Gasteiger partial charge in [-0.05, 0) is 61.2 Å². The molecule has 0 spiro atoms. The Morgan fingerprint density at radius 3 is 2.49 bits per heavy atom. The van der Waals surface area contributed by atoms with Crippen molar-refractivity contribution in [3.8, 4) is 11.5 Å². The molecule has 0 saturated carbocycles. The lowest BCUT2D eigenvalue weighted by Gasteiger charge is -2.35. The van der Waals surface area contributed by atoms with Crippen LogP contribution in [0.15, 0.2) is 78.3 Å². The first-order valence-corrected chi connectivity index (χ1v) is 16.2. The number of nitrogens with zero attached hydrogens (tertiary/aromatic N) is 3. The lowest BCUT2D eigenvalue weighted by atomic mass is 10.1. The summed E-state index contributed by atoms with van der Waals surface area (Å²) in [6, 6.07) is 17.9. The van der Waals surface area contributed by atoms with E-state index in [1.807, 2.05) is 43.3 Å². The number of unbranched alkanes of at least 4 members (excludes halogenated alkanes) is 2. The van der Waals surface area contributed by atoms with Crippen LogP contribution >= 0.6 is 0 Å². The van der Waals surface area contributed by atoms with Crippen molar-refractivity contribution >= 4 is 38.7 Å². The third-order valence-electron chi connectivity index (χ3n) is 7.83. The second-order valence-corrected chi connectivity index (χ2v) is 12.7. The third kappa shape index (κ3) is 6.27. The maximum absolute atomic E-state index is 13.8. The summed E-state index contributed by atoms with van der Waals surface area (Å²) in [6.45, 7) is 9.90. The van der Waals surface area contributed by atoms with Crippen molar-refractivity contribution in [1.82, 2.24) is 8.87 Å². The van der Waals surface area contributed by atoms with Gasteiger partial charge in [0, 0.05) is 43.0 Å². The second-order valence-electron chi connectivity index (χ2n) is 10.8. The van der Waals surface area contributed by atoms with Crippen LogP contribution in [0.5, 0.6) is 11.5 Å². The molecule has 8 nitrogen and oxygen atoms in total. The zero-order chi connectivity index (χ0) is 30.6. The fourth-order valence-electron chi connectivity index (χ4n) is 5.41. The van der Waals surface area contributed by atoms with Gasteiger partial charge in [0.1, 0.15) is 0 Å². The highest BCUT2D eigenvalue weighted by atomic mass is 32.2. The van der Waals surface area contributed by atoms with Gasteiger partial charge in [0.2, 0.25) is 0 Å². The van der Waals surface area contributed by atoms with Crippen molar-refractivity contribution < 1.29 is 22.7 Å². The summed E-state index contributed by atoms with van der Waals surface area (Å²) in [4.78, 5) is 17.6. The average Bonchev–Trinajstić information content (AvgIpc) is 3.38. The van der Waals surface area contributed by atoms with Crippen molar-refractivity contribution in [2.45, 2.75) is 51.0 Å². The Morgan fingerprint density at radius 1 is 0.977 bits per heavy atom. The van der Waals surface area contributed by atoms with Gasteiger partial charge in [-0.2, -0.15) is 0 Å². The molecule has 2 amide bonds. The molecule has 1 aromatic heterocycles. The van der Waals surface area contributed by atoms with Gasteiger partial charge in [-0.15, -0.1) is 0 Å². The molecule has 0 radical (unpaired) electrons. The van der Waals surface area contributed by atoms with Crippen molar-refractivity contribution in [3.05, 3.63) is 90.1 Å². The van der Waals surface area contributed by atoms with E-state index in [2.05, 4.69) is 13.5 Å². The summed E-state index contributed by atoms with van der Waals surface area (Å²) in [6.07, 6.45) is 7.24. The van der Waals surface area contributed by atoms with Crippen molar-refractivity contribution in [1.29, 1.82) is 0 Å². The molecule has 3 aromatic carbocycles. The number of ether oxygens (including phenoxy) is 2. The van der Waals surface area contributed by atoms with Crippen molar-refractivity contribution in [2.24, 2.45) is 0 Å². The molecule has 43 heavy (non-hydrogen) atoms. The quantitative estimate of drug-likeness (QED) is 0.160. The maximum Gasteiger partial charge on any atom is 0.324 e. The number of methoxy groups -OCH3 is 1. The van der Waals surface area contributed by atoms with Crippen LogP contribution in [0.25, 0.3) is 17.0 Å². The summed E-state index contributed by atoms with van der Waals surface area (Å²) in [5.41, 5.74) is 3.83. The minimum absolute atomic E-state index is 0.140. The summed E-state index contributed by atoms with van der Waals surface area (Å²) in [5, 5.41) is 0.776. The number of hydrogen-bond acceptors (Lipinski definition) is 5. The van der Waals surface area contributed by atoms with E-state index in [4.69, 9.17) is 9.47 Å². The molecule has 1 aliphatic heterocycles. The standard InChI is InChI=1S/C34H39N3O5S/c1-5-7-8-20-42-33-22-28(13-17-32(33)41-4)36-19-9-18-35(34(36)38)23-27-24-37(31-21-26(6-2)12-16-30(27)31)43(39,40)29-14-10-25(3)11-15-29/h6,10-17,21-22,24H,2,5,7-9,18-20,23H2,1,3-4H3. The minimum Gasteiger partial charge on any atom is -0.493 e. The van der Waals surface area contributed by atoms with E-state index in [0.717, 1.165) is 53.4 Å². The van der Waals surface area contributed by atoms with Crippen molar-refractivity contribution in [3.63, 3.8) is 0 Å². The largest absolute Gasteiger partial charge is 0.493 e. The van der Waals surface area contributed by atoms with Crippen molar-refractivity contribution in [2.75, 3.05) is 31.7 Å². The molecule has 226 valence electrons. The SMILES string of the molecule is C=Cc1ccc2c(CN3CCCN(c4ccc(OC)c(OCCCCC)c4)C3=O)cn(S(=O)(=O)c3ccc(C)cc3)c2c1. The van der Waals surface area contributed by atoms with Crippen LogP contribution in [-0.2, 0) is 16.6 Å². The smallest absolute Gasteiger partial charge is 0.324 e. The van der Waals surface area contributed by atoms with Gasteiger partial charge in [-0.25, -0.2) is 17.2 Å². The van der Waals surface area contributed by atoms with Gasteiger partial charge >= 0.3 is 6.03 Å². The molecular weight excluding hydrogens is 562 g/mol. The summed E-state index contributed by atoms with van der Waals surface area (Å²) < 4.78 is 40.4. The van der Waals surface area contributed by atoms with E-state index >= 15 is 0 Å². The first-order valence-electron chi connectivity index (χ1n) is 14.7. The Balaban J connectivity index is 1.45. The first-order chi connectivity index (χ1) is 20.8. The summed E-state index contributed by atoms with van der Waals surface area (Å²) in [7, 11) is -2.27. The summed E-state index contributed by atoms with van der Waals surface area (Å²) >= 11 is 0. The number of amides is 2. The number of benzene rings is 3. The van der Waals surface area contributed by atoms with E-state index in [-0.39, 0.29) is 17.5 Å². The Kier molecular flexibility index (Phi) is 9.11. The van der Waals surface area contributed by atoms with E-state index in [1.165, 1.54) is 3.97 Å². The molecule has 0 atom stereocenters. The van der Waals surface area contributed by atoms with Crippen LogP contribution in [0.2, 0.25) is 0 Å². The molecule has 1 aliphatic rings. The van der Waals surface area contributed by atoms with Gasteiger partial charge in [0.05, 0.1) is 24.1 Å². The van der Waals surface area contributed by atoms with Gasteiger partial charge < -0.3 is 14.4 Å². The van der Waals surface area contributed by atoms with E-state index in [0.29, 0.717) is 36.7 Å². The van der Waals surface area contributed by atoms with E-state index in [9.17, 15) is 13.2 Å².